The molecular formula is C19H15N5. The molecule has 0 saturated carbocycles. The molecule has 0 amide bonds. The summed E-state index contributed by atoms with van der Waals surface area (Å²) < 4.78 is 0. The maximum Gasteiger partial charge on any atom is 0.164 e. The summed E-state index contributed by atoms with van der Waals surface area (Å²) in [5.41, 5.74) is 3.19. The van der Waals surface area contributed by atoms with Crippen LogP contribution in [0.15, 0.2) is 77.0 Å². The Labute approximate surface area is 139 Å². The van der Waals surface area contributed by atoms with Crippen LogP contribution in [0.5, 0.6) is 0 Å². The number of aliphatic imine (C=N–C) groups is 2. The molecule has 24 heavy (non-hydrogen) atoms. The van der Waals surface area contributed by atoms with E-state index in [9.17, 15) is 0 Å². The van der Waals surface area contributed by atoms with Gasteiger partial charge in [0.25, 0.3) is 0 Å². The van der Waals surface area contributed by atoms with Gasteiger partial charge in [0.15, 0.2) is 11.7 Å². The second-order valence-corrected chi connectivity index (χ2v) is 5.42. The van der Waals surface area contributed by atoms with Crippen LogP contribution in [-0.4, -0.2) is 21.6 Å². The quantitative estimate of drug-likeness (QED) is 0.784. The number of fused-ring (bicyclic) bond motifs is 1. The summed E-state index contributed by atoms with van der Waals surface area (Å²) in [6, 6.07) is 17.5. The molecule has 0 fully saturated rings. The molecule has 4 rings (SSSR count). The zero-order valence-corrected chi connectivity index (χ0v) is 13.1. The number of hydrogen-bond donors (Lipinski definition) is 1. The lowest BCUT2D eigenvalue weighted by atomic mass is 10.0. The van der Waals surface area contributed by atoms with Crippen molar-refractivity contribution in [1.29, 1.82) is 0 Å². The summed E-state index contributed by atoms with van der Waals surface area (Å²) in [5, 5.41) is 3.29. The molecule has 2 aromatic heterocycles. The Hall–Kier alpha value is -3.34. The zero-order chi connectivity index (χ0) is 16.4. The highest BCUT2D eigenvalue weighted by Gasteiger charge is 2.23. The molecule has 1 aromatic carbocycles. The predicted octanol–water partition coefficient (Wildman–Crippen LogP) is 3.74. The highest BCUT2D eigenvalue weighted by atomic mass is 15.1. The van der Waals surface area contributed by atoms with Gasteiger partial charge in [-0.1, -0.05) is 30.3 Å². The molecule has 3 aromatic rings. The van der Waals surface area contributed by atoms with Crippen molar-refractivity contribution in [2.75, 3.05) is 5.32 Å². The Morgan fingerprint density at radius 1 is 0.875 bits per heavy atom. The van der Waals surface area contributed by atoms with Gasteiger partial charge in [-0.2, -0.15) is 0 Å². The Morgan fingerprint density at radius 2 is 1.71 bits per heavy atom. The number of aryl methyl sites for hydroxylation is 1. The van der Waals surface area contributed by atoms with Crippen LogP contribution >= 0.6 is 0 Å². The SMILES string of the molecule is Cc1cccc2c1C(Nc1ccccn1)=N/C2=N\c1ccccn1. The van der Waals surface area contributed by atoms with E-state index in [0.717, 1.165) is 28.3 Å². The molecule has 0 spiro atoms. The number of nitrogens with zero attached hydrogens (tertiary/aromatic N) is 4. The number of hydrogen-bond acceptors (Lipinski definition) is 4. The van der Waals surface area contributed by atoms with Crippen molar-refractivity contribution < 1.29 is 0 Å². The molecule has 0 atom stereocenters. The smallest absolute Gasteiger partial charge is 0.164 e. The van der Waals surface area contributed by atoms with E-state index in [0.29, 0.717) is 11.7 Å². The van der Waals surface area contributed by atoms with Crippen molar-refractivity contribution in [2.24, 2.45) is 9.98 Å². The molecule has 0 aliphatic carbocycles. The molecule has 0 saturated heterocycles. The largest absolute Gasteiger partial charge is 0.324 e. The fourth-order valence-corrected chi connectivity index (χ4v) is 2.65. The number of amidine groups is 2. The van der Waals surface area contributed by atoms with Crippen molar-refractivity contribution >= 4 is 23.3 Å². The molecular weight excluding hydrogens is 298 g/mol. The van der Waals surface area contributed by atoms with Gasteiger partial charge in [0.1, 0.15) is 11.7 Å². The van der Waals surface area contributed by atoms with E-state index in [1.165, 1.54) is 0 Å². The summed E-state index contributed by atoms with van der Waals surface area (Å²) in [6.45, 7) is 2.07. The van der Waals surface area contributed by atoms with E-state index in [2.05, 4.69) is 38.3 Å². The van der Waals surface area contributed by atoms with Crippen molar-refractivity contribution in [3.8, 4) is 0 Å². The average molecular weight is 313 g/mol. The van der Waals surface area contributed by atoms with Gasteiger partial charge in [-0.3, -0.25) is 0 Å². The van der Waals surface area contributed by atoms with Gasteiger partial charge in [0.2, 0.25) is 0 Å². The lowest BCUT2D eigenvalue weighted by Crippen LogP contribution is -2.13. The predicted molar refractivity (Wildman–Crippen MR) is 96.0 cm³/mol. The molecule has 1 N–H and O–H groups in total. The van der Waals surface area contributed by atoms with E-state index in [-0.39, 0.29) is 0 Å². The van der Waals surface area contributed by atoms with E-state index >= 15 is 0 Å². The Kier molecular flexibility index (Phi) is 3.59. The van der Waals surface area contributed by atoms with E-state index in [4.69, 9.17) is 0 Å². The summed E-state index contributed by atoms with van der Waals surface area (Å²) in [5.74, 6) is 2.81. The number of nitrogens with one attached hydrogen (secondary N) is 1. The molecule has 0 unspecified atom stereocenters. The topological polar surface area (TPSA) is 62.5 Å². The maximum absolute atomic E-state index is 4.68. The monoisotopic (exact) mass is 313 g/mol. The number of benzene rings is 1. The third-order valence-corrected chi connectivity index (χ3v) is 3.75. The zero-order valence-electron chi connectivity index (χ0n) is 13.1. The minimum Gasteiger partial charge on any atom is -0.324 e. The Morgan fingerprint density at radius 3 is 2.46 bits per heavy atom. The number of rotatable bonds is 2. The third-order valence-electron chi connectivity index (χ3n) is 3.75. The fraction of sp³-hybridized carbons (Fsp3) is 0.0526. The number of anilines is 1. The van der Waals surface area contributed by atoms with Crippen molar-refractivity contribution in [2.45, 2.75) is 6.92 Å². The van der Waals surface area contributed by atoms with Crippen LogP contribution < -0.4 is 5.32 Å². The highest BCUT2D eigenvalue weighted by molar-refractivity contribution is 6.26. The third kappa shape index (κ3) is 2.67. The second-order valence-electron chi connectivity index (χ2n) is 5.42. The van der Waals surface area contributed by atoms with Crippen LogP contribution in [0.25, 0.3) is 0 Å². The van der Waals surface area contributed by atoms with Gasteiger partial charge in [0.05, 0.1) is 0 Å². The molecule has 5 heteroatoms. The first-order valence-electron chi connectivity index (χ1n) is 7.68. The van der Waals surface area contributed by atoms with Crippen molar-refractivity contribution in [3.05, 3.63) is 83.7 Å². The lowest BCUT2D eigenvalue weighted by molar-refractivity contribution is 1.27. The van der Waals surface area contributed by atoms with Crippen LogP contribution in [0.2, 0.25) is 0 Å². The molecule has 1 aliphatic rings. The number of aromatic nitrogens is 2. The van der Waals surface area contributed by atoms with Crippen molar-refractivity contribution in [1.82, 2.24) is 9.97 Å². The van der Waals surface area contributed by atoms with Gasteiger partial charge in [-0.05, 0) is 36.8 Å². The normalized spacial score (nSPS) is 14.4. The van der Waals surface area contributed by atoms with Crippen LogP contribution in [0, 0.1) is 6.92 Å². The van der Waals surface area contributed by atoms with Gasteiger partial charge in [-0.15, -0.1) is 0 Å². The van der Waals surface area contributed by atoms with Gasteiger partial charge < -0.3 is 5.32 Å². The van der Waals surface area contributed by atoms with Crippen LogP contribution in [-0.2, 0) is 0 Å². The molecule has 1 aliphatic heterocycles. The minimum absolute atomic E-state index is 0.641. The number of pyridine rings is 2. The summed E-state index contributed by atoms with van der Waals surface area (Å²) >= 11 is 0. The average Bonchev–Trinajstić information content (AvgIpc) is 2.95. The van der Waals surface area contributed by atoms with E-state index < -0.39 is 0 Å². The first-order chi connectivity index (χ1) is 11.8. The molecule has 5 nitrogen and oxygen atoms in total. The lowest BCUT2D eigenvalue weighted by Gasteiger charge is -2.08. The van der Waals surface area contributed by atoms with Crippen LogP contribution in [0.1, 0.15) is 16.7 Å². The molecule has 116 valence electrons. The standard InChI is InChI=1S/C19H15N5/c1-13-7-6-8-14-17(13)19(23-16-10-3-5-12-21-16)24-18(14)22-15-9-2-4-11-20-15/h2-12H,1H3,(H,20,21,22,23,24). The van der Waals surface area contributed by atoms with E-state index in [1.54, 1.807) is 12.4 Å². The fourth-order valence-electron chi connectivity index (χ4n) is 2.65. The molecule has 0 radical (unpaired) electrons. The summed E-state index contributed by atoms with van der Waals surface area (Å²) in [4.78, 5) is 17.8. The Balaban J connectivity index is 1.79. The first-order valence-corrected chi connectivity index (χ1v) is 7.68. The van der Waals surface area contributed by atoms with Gasteiger partial charge >= 0.3 is 0 Å². The van der Waals surface area contributed by atoms with Crippen LogP contribution in [0.4, 0.5) is 11.6 Å². The maximum atomic E-state index is 4.68. The molecule has 0 bridgehead atoms. The van der Waals surface area contributed by atoms with Crippen molar-refractivity contribution in [3.63, 3.8) is 0 Å². The summed E-state index contributed by atoms with van der Waals surface area (Å²) in [7, 11) is 0. The van der Waals surface area contributed by atoms with Gasteiger partial charge in [0, 0.05) is 23.5 Å². The summed E-state index contributed by atoms with van der Waals surface area (Å²) in [6.07, 6.45) is 3.47. The second kappa shape index (κ2) is 6.04. The highest BCUT2D eigenvalue weighted by Crippen LogP contribution is 2.25. The van der Waals surface area contributed by atoms with Crippen LogP contribution in [0.3, 0.4) is 0 Å². The van der Waals surface area contributed by atoms with E-state index in [1.807, 2.05) is 48.5 Å². The Bertz CT molecular complexity index is 930. The van der Waals surface area contributed by atoms with Gasteiger partial charge in [-0.25, -0.2) is 20.0 Å². The minimum atomic E-state index is 0.641. The first kappa shape index (κ1) is 14.3. The molecule has 3 heterocycles.